The maximum atomic E-state index is 13.2. The lowest BCUT2D eigenvalue weighted by Crippen LogP contribution is -2.46. The predicted molar refractivity (Wildman–Crippen MR) is 81.8 cm³/mol. The number of para-hydroxylation sites is 1. The molecule has 2 aromatic rings. The molecule has 1 aromatic carbocycles. The Morgan fingerprint density at radius 3 is 2.91 bits per heavy atom. The van der Waals surface area contributed by atoms with Crippen molar-refractivity contribution in [3.05, 3.63) is 41.1 Å². The van der Waals surface area contributed by atoms with E-state index in [-0.39, 0.29) is 18.2 Å². The molecule has 112 valence electrons. The van der Waals surface area contributed by atoms with E-state index < -0.39 is 5.41 Å². The third-order valence-electron chi connectivity index (χ3n) is 4.68. The number of likely N-dealkylation sites (N-methyl/N-ethyl adjacent to an activating group) is 1. The van der Waals surface area contributed by atoms with E-state index in [1.54, 1.807) is 11.1 Å². The Kier molecular flexibility index (Phi) is 2.49. The second-order valence-corrected chi connectivity index (χ2v) is 5.81. The minimum absolute atomic E-state index is 0.0446. The monoisotopic (exact) mass is 296 g/mol. The maximum absolute atomic E-state index is 13.2. The molecule has 3 heterocycles. The van der Waals surface area contributed by atoms with Crippen LogP contribution in [0, 0.1) is 6.92 Å². The number of hydrogen-bond acceptors (Lipinski definition) is 3. The highest BCUT2D eigenvalue weighted by atomic mass is 16.2. The zero-order chi connectivity index (χ0) is 15.5. The summed E-state index contributed by atoms with van der Waals surface area (Å²) >= 11 is 0. The number of anilines is 2. The number of carbonyl (C=O) groups excluding carboxylic acids is 2. The van der Waals surface area contributed by atoms with Gasteiger partial charge in [0.05, 0.1) is 11.9 Å². The van der Waals surface area contributed by atoms with E-state index in [2.05, 4.69) is 15.5 Å². The van der Waals surface area contributed by atoms with E-state index in [9.17, 15) is 9.59 Å². The quantitative estimate of drug-likeness (QED) is 0.841. The first-order valence-electron chi connectivity index (χ1n) is 7.35. The molecular formula is C16H16N4O2. The molecule has 0 saturated heterocycles. The molecule has 22 heavy (non-hydrogen) atoms. The Bertz CT molecular complexity index is 810. The molecule has 1 spiro atoms. The second-order valence-electron chi connectivity index (χ2n) is 5.81. The highest BCUT2D eigenvalue weighted by molar-refractivity contribution is 6.16. The van der Waals surface area contributed by atoms with Crippen LogP contribution in [0.4, 0.5) is 11.5 Å². The fraction of sp³-hybridized carbons (Fsp3) is 0.312. The summed E-state index contributed by atoms with van der Waals surface area (Å²) < 4.78 is 0. The van der Waals surface area contributed by atoms with E-state index in [4.69, 9.17) is 0 Å². The van der Waals surface area contributed by atoms with Gasteiger partial charge in [0.25, 0.3) is 0 Å². The summed E-state index contributed by atoms with van der Waals surface area (Å²) in [5.41, 5.74) is 2.66. The van der Waals surface area contributed by atoms with Crippen molar-refractivity contribution in [1.82, 2.24) is 10.2 Å². The molecule has 2 aliphatic rings. The molecule has 2 aliphatic heterocycles. The lowest BCUT2D eigenvalue weighted by molar-refractivity contribution is -0.126. The molecule has 1 unspecified atom stereocenters. The number of amides is 2. The maximum Gasteiger partial charge on any atom is 0.242 e. The first-order valence-corrected chi connectivity index (χ1v) is 7.35. The van der Waals surface area contributed by atoms with Gasteiger partial charge in [-0.15, -0.1) is 0 Å². The standard InChI is InChI=1S/C16H16N4O2/c1-3-20-13-9(2)5-4-6-10(13)16(15(20)22)7-12(21)18-14-11(16)8-17-19-14/h4-6,8H,3,7H2,1-2H3,(H2,17,18,19,21). The van der Waals surface area contributed by atoms with Gasteiger partial charge in [0.1, 0.15) is 11.2 Å². The number of nitrogens with zero attached hydrogens (tertiary/aromatic N) is 2. The molecule has 4 rings (SSSR count). The van der Waals surface area contributed by atoms with Crippen LogP contribution in [0.5, 0.6) is 0 Å². The van der Waals surface area contributed by atoms with Crippen LogP contribution in [-0.4, -0.2) is 28.6 Å². The van der Waals surface area contributed by atoms with Crippen molar-refractivity contribution in [3.63, 3.8) is 0 Å². The van der Waals surface area contributed by atoms with Crippen LogP contribution in [0.25, 0.3) is 0 Å². The van der Waals surface area contributed by atoms with Crippen LogP contribution >= 0.6 is 0 Å². The number of nitrogens with one attached hydrogen (secondary N) is 2. The number of fused-ring (bicyclic) bond motifs is 4. The van der Waals surface area contributed by atoms with Crippen molar-refractivity contribution in [2.75, 3.05) is 16.8 Å². The summed E-state index contributed by atoms with van der Waals surface area (Å²) in [5.74, 6) is 0.308. The molecule has 6 heteroatoms. The number of carbonyl (C=O) groups is 2. The van der Waals surface area contributed by atoms with Gasteiger partial charge in [-0.05, 0) is 25.0 Å². The Hall–Kier alpha value is -2.63. The minimum atomic E-state index is -0.956. The van der Waals surface area contributed by atoms with Crippen LogP contribution in [0.1, 0.15) is 30.0 Å². The van der Waals surface area contributed by atoms with Gasteiger partial charge in [-0.25, -0.2) is 0 Å². The van der Waals surface area contributed by atoms with Crippen LogP contribution in [-0.2, 0) is 15.0 Å². The predicted octanol–water partition coefficient (Wildman–Crippen LogP) is 1.71. The first kappa shape index (κ1) is 13.1. The van der Waals surface area contributed by atoms with E-state index in [0.717, 1.165) is 22.4 Å². The minimum Gasteiger partial charge on any atom is -0.311 e. The SMILES string of the molecule is CCN1C(=O)C2(CC(=O)Nc3[nH]ncc32)c2cccc(C)c21. The highest BCUT2D eigenvalue weighted by Gasteiger charge is 2.56. The molecule has 2 N–H and O–H groups in total. The van der Waals surface area contributed by atoms with Gasteiger partial charge < -0.3 is 10.2 Å². The Morgan fingerprint density at radius 2 is 2.14 bits per heavy atom. The highest BCUT2D eigenvalue weighted by Crippen LogP contribution is 2.52. The Balaban J connectivity index is 2.08. The molecule has 2 amide bonds. The topological polar surface area (TPSA) is 78.1 Å². The van der Waals surface area contributed by atoms with Crippen molar-refractivity contribution < 1.29 is 9.59 Å². The van der Waals surface area contributed by atoms with Crippen molar-refractivity contribution in [3.8, 4) is 0 Å². The summed E-state index contributed by atoms with van der Waals surface area (Å²) in [7, 11) is 0. The Morgan fingerprint density at radius 1 is 1.32 bits per heavy atom. The first-order chi connectivity index (χ1) is 10.6. The molecule has 0 fully saturated rings. The van der Waals surface area contributed by atoms with Crippen LogP contribution in [0.15, 0.2) is 24.4 Å². The van der Waals surface area contributed by atoms with Crippen molar-refractivity contribution >= 4 is 23.3 Å². The van der Waals surface area contributed by atoms with E-state index >= 15 is 0 Å². The number of hydrogen-bond donors (Lipinski definition) is 2. The molecule has 1 aromatic heterocycles. The number of aromatic amines is 1. The average molecular weight is 296 g/mol. The molecule has 6 nitrogen and oxygen atoms in total. The molecule has 0 aliphatic carbocycles. The average Bonchev–Trinajstić information content (AvgIpc) is 3.04. The summed E-state index contributed by atoms with van der Waals surface area (Å²) in [6, 6.07) is 5.88. The van der Waals surface area contributed by atoms with Gasteiger partial charge in [-0.2, -0.15) is 5.10 Å². The van der Waals surface area contributed by atoms with Gasteiger partial charge in [0.15, 0.2) is 0 Å². The number of aryl methyl sites for hydroxylation is 1. The van der Waals surface area contributed by atoms with Crippen molar-refractivity contribution in [1.29, 1.82) is 0 Å². The van der Waals surface area contributed by atoms with E-state index in [1.165, 1.54) is 0 Å². The van der Waals surface area contributed by atoms with Gasteiger partial charge in [0, 0.05) is 18.5 Å². The fourth-order valence-electron chi connectivity index (χ4n) is 3.77. The molecule has 0 bridgehead atoms. The van der Waals surface area contributed by atoms with Crippen LogP contribution in [0.3, 0.4) is 0 Å². The summed E-state index contributed by atoms with van der Waals surface area (Å²) in [4.78, 5) is 27.2. The number of rotatable bonds is 1. The zero-order valence-corrected chi connectivity index (χ0v) is 12.4. The van der Waals surface area contributed by atoms with Crippen LogP contribution < -0.4 is 10.2 Å². The van der Waals surface area contributed by atoms with Gasteiger partial charge in [-0.1, -0.05) is 18.2 Å². The number of benzene rings is 1. The van der Waals surface area contributed by atoms with Gasteiger partial charge in [0.2, 0.25) is 11.8 Å². The third-order valence-corrected chi connectivity index (χ3v) is 4.68. The van der Waals surface area contributed by atoms with E-state index in [1.807, 2.05) is 32.0 Å². The lowest BCUT2D eigenvalue weighted by Gasteiger charge is -2.31. The van der Waals surface area contributed by atoms with E-state index in [0.29, 0.717) is 12.4 Å². The summed E-state index contributed by atoms with van der Waals surface area (Å²) in [6.07, 6.45) is 1.77. The zero-order valence-electron chi connectivity index (χ0n) is 12.4. The summed E-state index contributed by atoms with van der Waals surface area (Å²) in [5, 5.41) is 9.57. The van der Waals surface area contributed by atoms with Crippen molar-refractivity contribution in [2.24, 2.45) is 0 Å². The molecule has 0 saturated carbocycles. The van der Waals surface area contributed by atoms with Crippen LogP contribution in [0.2, 0.25) is 0 Å². The Labute approximate surface area is 127 Å². The fourth-order valence-corrected chi connectivity index (χ4v) is 3.77. The van der Waals surface area contributed by atoms with Crippen molar-refractivity contribution in [2.45, 2.75) is 25.7 Å². The van der Waals surface area contributed by atoms with Gasteiger partial charge in [-0.3, -0.25) is 14.7 Å². The smallest absolute Gasteiger partial charge is 0.242 e. The lowest BCUT2D eigenvalue weighted by atomic mass is 9.71. The third kappa shape index (κ3) is 1.37. The summed E-state index contributed by atoms with van der Waals surface area (Å²) in [6.45, 7) is 4.52. The largest absolute Gasteiger partial charge is 0.311 e. The second kappa shape index (κ2) is 4.19. The molecule has 0 radical (unpaired) electrons. The molecular weight excluding hydrogens is 280 g/mol. The number of H-pyrrole nitrogens is 1. The number of aromatic nitrogens is 2. The van der Waals surface area contributed by atoms with Gasteiger partial charge >= 0.3 is 0 Å². The molecule has 1 atom stereocenters. The normalized spacial score (nSPS) is 22.7.